The average Bonchev–Trinajstić information content (AvgIpc) is 2.59. The second-order valence-electron chi connectivity index (χ2n) is 5.50. The molecule has 0 aromatic heterocycles. The summed E-state index contributed by atoms with van der Waals surface area (Å²) in [5.74, 6) is 0.611. The van der Waals surface area contributed by atoms with Crippen LogP contribution in [0.5, 0.6) is 5.75 Å². The van der Waals surface area contributed by atoms with Gasteiger partial charge in [0, 0.05) is 11.1 Å². The quantitative estimate of drug-likeness (QED) is 0.560. The van der Waals surface area contributed by atoms with Crippen LogP contribution < -0.4 is 9.80 Å². The molecule has 0 aliphatic carbocycles. The van der Waals surface area contributed by atoms with E-state index in [9.17, 15) is 18.8 Å². The maximum Gasteiger partial charge on any atom is 0.309 e. The molecule has 0 bridgehead atoms. The van der Waals surface area contributed by atoms with Crippen LogP contribution in [0.2, 0.25) is 0 Å². The number of para-hydroxylation sites is 1. The van der Waals surface area contributed by atoms with Gasteiger partial charge in [-0.25, -0.2) is 8.78 Å². The van der Waals surface area contributed by atoms with Gasteiger partial charge in [-0.15, -0.1) is 0 Å². The molecule has 0 radical (unpaired) electrons. The van der Waals surface area contributed by atoms with Crippen molar-refractivity contribution in [1.29, 1.82) is 0 Å². The van der Waals surface area contributed by atoms with Crippen LogP contribution in [0.3, 0.4) is 0 Å². The second kappa shape index (κ2) is 8.31. The number of alkyl halides is 2. The summed E-state index contributed by atoms with van der Waals surface area (Å²) in [4.78, 5) is 11.8. The van der Waals surface area contributed by atoms with Crippen molar-refractivity contribution in [2.75, 3.05) is 11.3 Å². The number of thioether (sulfide) groups is 1. The molecule has 25 heavy (non-hydrogen) atoms. The van der Waals surface area contributed by atoms with E-state index in [0.29, 0.717) is 11.3 Å². The van der Waals surface area contributed by atoms with E-state index in [-0.39, 0.29) is 17.4 Å². The Morgan fingerprint density at radius 2 is 2.00 bits per heavy atom. The highest BCUT2D eigenvalue weighted by Gasteiger charge is 2.24. The maximum atomic E-state index is 13.3. The fraction of sp³-hybridized carbons (Fsp3) is 0.278. The van der Waals surface area contributed by atoms with Gasteiger partial charge >= 0.3 is 5.24 Å². The van der Waals surface area contributed by atoms with Crippen molar-refractivity contribution in [3.8, 4) is 5.75 Å². The molecule has 0 aliphatic heterocycles. The Morgan fingerprint density at radius 1 is 1.28 bits per heavy atom. The Morgan fingerprint density at radius 3 is 2.60 bits per heavy atom. The smallest absolute Gasteiger partial charge is 0.309 e. The summed E-state index contributed by atoms with van der Waals surface area (Å²) in [5, 5.41) is 9.57. The summed E-state index contributed by atoms with van der Waals surface area (Å²) in [7, 11) is 0. The number of ether oxygens (including phenoxy) is 1. The molecule has 2 rings (SSSR count). The number of nitrogens with zero attached hydrogens (tertiary/aromatic N) is 1. The molecule has 0 aliphatic rings. The van der Waals surface area contributed by atoms with Crippen molar-refractivity contribution in [3.05, 3.63) is 58.7 Å². The zero-order chi connectivity index (χ0) is 18.6. The molecule has 0 saturated carbocycles. The number of hydrogen-bond acceptors (Lipinski definition) is 4. The number of hydroxylamine groups is 1. The van der Waals surface area contributed by atoms with Crippen LogP contribution in [0.15, 0.2) is 36.4 Å². The van der Waals surface area contributed by atoms with Gasteiger partial charge in [0.1, 0.15) is 12.4 Å². The highest BCUT2D eigenvalue weighted by molar-refractivity contribution is 8.13. The Bertz CT molecular complexity index is 768. The Hall–Kier alpha value is -2.12. The predicted molar refractivity (Wildman–Crippen MR) is 94.8 cm³/mol. The number of carbonyl (C=O) groups excluding carboxylic acids is 1. The van der Waals surface area contributed by atoms with Gasteiger partial charge in [0.05, 0.1) is 5.69 Å². The van der Waals surface area contributed by atoms with Gasteiger partial charge in [-0.3, -0.25) is 10.0 Å². The number of hydrogen-bond donors (Lipinski definition) is 1. The summed E-state index contributed by atoms with van der Waals surface area (Å²) in [6, 6.07) is 9.79. The molecule has 2 aromatic carbocycles. The van der Waals surface area contributed by atoms with Gasteiger partial charge in [-0.1, -0.05) is 47.7 Å². The van der Waals surface area contributed by atoms with Crippen molar-refractivity contribution in [1.82, 2.24) is 0 Å². The third kappa shape index (κ3) is 4.49. The number of anilines is 1. The van der Waals surface area contributed by atoms with E-state index in [1.54, 1.807) is 12.1 Å². The van der Waals surface area contributed by atoms with Gasteiger partial charge in [0.2, 0.25) is 0 Å². The number of halogens is 2. The topological polar surface area (TPSA) is 49.8 Å². The molecular weight excluding hydrogens is 348 g/mol. The summed E-state index contributed by atoms with van der Waals surface area (Å²) < 4.78 is 32.3. The fourth-order valence-corrected chi connectivity index (χ4v) is 2.72. The predicted octanol–water partition coefficient (Wildman–Crippen LogP) is 5.50. The molecule has 2 aromatic rings. The molecule has 1 N–H and O–H groups in total. The first-order chi connectivity index (χ1) is 11.8. The highest BCUT2D eigenvalue weighted by Crippen LogP contribution is 2.34. The first-order valence-corrected chi connectivity index (χ1v) is 8.74. The van der Waals surface area contributed by atoms with Crippen LogP contribution in [0.25, 0.3) is 0 Å². The highest BCUT2D eigenvalue weighted by atomic mass is 32.2. The maximum absolute atomic E-state index is 13.3. The molecule has 0 atom stereocenters. The fourth-order valence-electron chi connectivity index (χ4n) is 2.46. The lowest BCUT2D eigenvalue weighted by molar-refractivity contribution is 0.149. The van der Waals surface area contributed by atoms with E-state index >= 15 is 0 Å². The SMILES string of the molecule is CSC(=O)N(O)c1c(COc2ccc(C)cc2C)cccc1C(F)F. The zero-order valence-electron chi connectivity index (χ0n) is 14.1. The number of aryl methyl sites for hydroxylation is 2. The molecule has 0 heterocycles. The lowest BCUT2D eigenvalue weighted by Crippen LogP contribution is -2.25. The molecule has 4 nitrogen and oxygen atoms in total. The van der Waals surface area contributed by atoms with E-state index in [0.717, 1.165) is 22.9 Å². The van der Waals surface area contributed by atoms with E-state index in [4.69, 9.17) is 4.74 Å². The van der Waals surface area contributed by atoms with Crippen molar-refractivity contribution in [2.24, 2.45) is 0 Å². The van der Waals surface area contributed by atoms with Gasteiger partial charge in [-0.05, 0) is 31.7 Å². The van der Waals surface area contributed by atoms with E-state index in [1.165, 1.54) is 18.4 Å². The Balaban J connectivity index is 2.36. The second-order valence-corrected chi connectivity index (χ2v) is 6.25. The third-order valence-corrected chi connectivity index (χ3v) is 4.18. The van der Waals surface area contributed by atoms with Crippen molar-refractivity contribution >= 4 is 22.7 Å². The van der Waals surface area contributed by atoms with Crippen LogP contribution in [0, 0.1) is 13.8 Å². The van der Waals surface area contributed by atoms with Gasteiger partial charge in [-0.2, -0.15) is 5.06 Å². The van der Waals surface area contributed by atoms with Crippen molar-refractivity contribution < 1.29 is 23.5 Å². The lowest BCUT2D eigenvalue weighted by atomic mass is 10.1. The number of carbonyl (C=O) groups is 1. The van der Waals surface area contributed by atoms with Crippen LogP contribution >= 0.6 is 11.8 Å². The van der Waals surface area contributed by atoms with Gasteiger partial charge < -0.3 is 4.74 Å². The van der Waals surface area contributed by atoms with Crippen LogP contribution in [-0.2, 0) is 6.61 Å². The van der Waals surface area contributed by atoms with Crippen LogP contribution in [0.4, 0.5) is 19.3 Å². The molecule has 1 amide bonds. The monoisotopic (exact) mass is 367 g/mol. The van der Waals surface area contributed by atoms with Crippen LogP contribution in [0.1, 0.15) is 28.7 Å². The lowest BCUT2D eigenvalue weighted by Gasteiger charge is -2.21. The summed E-state index contributed by atoms with van der Waals surface area (Å²) >= 11 is 0.727. The summed E-state index contributed by atoms with van der Waals surface area (Å²) in [5.41, 5.74) is 1.63. The first kappa shape index (κ1) is 19.2. The normalized spacial score (nSPS) is 10.8. The zero-order valence-corrected chi connectivity index (χ0v) is 14.9. The summed E-state index contributed by atoms with van der Waals surface area (Å²) in [6.45, 7) is 3.78. The minimum Gasteiger partial charge on any atom is -0.489 e. The van der Waals surface area contributed by atoms with Crippen molar-refractivity contribution in [2.45, 2.75) is 26.9 Å². The minimum absolute atomic E-state index is 0.0570. The molecule has 0 fully saturated rings. The molecule has 0 unspecified atom stereocenters. The van der Waals surface area contributed by atoms with E-state index in [2.05, 4.69) is 0 Å². The minimum atomic E-state index is -2.83. The van der Waals surface area contributed by atoms with Gasteiger partial charge in [0.25, 0.3) is 6.43 Å². The molecular formula is C18H19F2NO3S. The molecule has 134 valence electrons. The van der Waals surface area contributed by atoms with E-state index < -0.39 is 17.2 Å². The standard InChI is InChI=1S/C18H19F2NO3S/c1-11-7-8-15(12(2)9-11)24-10-13-5-4-6-14(17(19)20)16(13)21(23)18(22)25-3/h4-9,17,23H,10H2,1-3H3. The number of benzene rings is 2. The third-order valence-electron chi connectivity index (χ3n) is 3.66. The summed E-state index contributed by atoms with van der Waals surface area (Å²) in [6.07, 6.45) is -1.37. The van der Waals surface area contributed by atoms with Crippen LogP contribution in [-0.4, -0.2) is 16.7 Å². The average molecular weight is 367 g/mol. The first-order valence-electron chi connectivity index (χ1n) is 7.52. The Kier molecular flexibility index (Phi) is 6.39. The molecule has 7 heteroatoms. The number of amides is 1. The van der Waals surface area contributed by atoms with Crippen molar-refractivity contribution in [3.63, 3.8) is 0 Å². The molecule has 0 saturated heterocycles. The molecule has 0 spiro atoms. The Labute approximate surface area is 149 Å². The largest absolute Gasteiger partial charge is 0.489 e. The van der Waals surface area contributed by atoms with E-state index in [1.807, 2.05) is 26.0 Å². The van der Waals surface area contributed by atoms with Gasteiger partial charge in [0.15, 0.2) is 0 Å². The number of rotatable bonds is 5.